The number of carbonyl (C=O) groups is 1. The van der Waals surface area contributed by atoms with Crippen LogP contribution in [0.5, 0.6) is 0 Å². The normalized spacial score (nSPS) is 10.2. The quantitative estimate of drug-likeness (QED) is 0.495. The molecule has 0 bridgehead atoms. The van der Waals surface area contributed by atoms with Gasteiger partial charge >= 0.3 is 5.97 Å². The first-order chi connectivity index (χ1) is 9.06. The van der Waals surface area contributed by atoms with E-state index in [1.54, 1.807) is 11.7 Å². The topological polar surface area (TPSA) is 64.3 Å². The van der Waals surface area contributed by atoms with E-state index in [9.17, 15) is 4.79 Å². The zero-order chi connectivity index (χ0) is 14.3. The predicted octanol–water partition coefficient (Wildman–Crippen LogP) is 1.36. The molecule has 0 aliphatic rings. The average molecular weight is 264 g/mol. The third-order valence-electron chi connectivity index (χ3n) is 2.37. The molecule has 0 aliphatic carbocycles. The van der Waals surface area contributed by atoms with Gasteiger partial charge in [0.2, 0.25) is 0 Å². The fourth-order valence-corrected chi connectivity index (χ4v) is 1.37. The van der Waals surface area contributed by atoms with Crippen molar-refractivity contribution in [3.05, 3.63) is 17.5 Å². The van der Waals surface area contributed by atoms with Gasteiger partial charge in [0.15, 0.2) is 0 Å². The number of esters is 1. The van der Waals surface area contributed by atoms with Crippen LogP contribution >= 0.6 is 0 Å². The van der Waals surface area contributed by atoms with Gasteiger partial charge in [0.05, 0.1) is 12.8 Å². The summed E-state index contributed by atoms with van der Waals surface area (Å²) in [6.45, 7) is 4.45. The molecule has 0 radical (unpaired) electrons. The fourth-order valence-electron chi connectivity index (χ4n) is 1.37. The first-order valence-electron chi connectivity index (χ1n) is 6.35. The SMILES string of the molecule is CC(C)COC(=O)c1cnn(C)c1C#CCCCO. The molecule has 19 heavy (non-hydrogen) atoms. The summed E-state index contributed by atoms with van der Waals surface area (Å²) in [6, 6.07) is 0. The van der Waals surface area contributed by atoms with E-state index in [1.165, 1.54) is 6.20 Å². The van der Waals surface area contributed by atoms with Gasteiger partial charge in [-0.2, -0.15) is 5.10 Å². The maximum absolute atomic E-state index is 11.9. The molecule has 0 saturated heterocycles. The van der Waals surface area contributed by atoms with E-state index in [0.29, 0.717) is 36.6 Å². The van der Waals surface area contributed by atoms with Crippen LogP contribution in [0.15, 0.2) is 6.20 Å². The van der Waals surface area contributed by atoms with Gasteiger partial charge in [-0.15, -0.1) is 0 Å². The molecule has 1 aromatic heterocycles. The molecule has 1 rings (SSSR count). The first-order valence-corrected chi connectivity index (χ1v) is 6.35. The lowest BCUT2D eigenvalue weighted by molar-refractivity contribution is 0.0458. The van der Waals surface area contributed by atoms with Gasteiger partial charge in [-0.05, 0) is 18.3 Å². The molecular weight excluding hydrogens is 244 g/mol. The minimum Gasteiger partial charge on any atom is -0.462 e. The van der Waals surface area contributed by atoms with Crippen LogP contribution in [0, 0.1) is 17.8 Å². The molecule has 0 saturated carbocycles. The summed E-state index contributed by atoms with van der Waals surface area (Å²) in [7, 11) is 1.73. The van der Waals surface area contributed by atoms with E-state index in [2.05, 4.69) is 16.9 Å². The molecule has 1 heterocycles. The Kier molecular flexibility index (Phi) is 6.10. The van der Waals surface area contributed by atoms with Gasteiger partial charge in [0, 0.05) is 20.1 Å². The average Bonchev–Trinajstić information content (AvgIpc) is 2.73. The van der Waals surface area contributed by atoms with Crippen LogP contribution in [0.3, 0.4) is 0 Å². The Hall–Kier alpha value is -1.80. The number of hydrogen-bond donors (Lipinski definition) is 1. The standard InChI is InChI=1S/C14H20N2O3/c1-11(2)10-19-14(18)12-9-15-16(3)13(12)7-5-4-6-8-17/h9,11,17H,4,6,8,10H2,1-3H3. The van der Waals surface area contributed by atoms with Crippen molar-refractivity contribution in [2.24, 2.45) is 13.0 Å². The molecule has 0 spiro atoms. The van der Waals surface area contributed by atoms with Gasteiger partial charge in [0.1, 0.15) is 11.3 Å². The van der Waals surface area contributed by atoms with Crippen molar-refractivity contribution < 1.29 is 14.6 Å². The molecule has 1 aromatic rings. The Morgan fingerprint density at radius 3 is 2.95 bits per heavy atom. The highest BCUT2D eigenvalue weighted by molar-refractivity contribution is 5.91. The Morgan fingerprint density at radius 2 is 2.32 bits per heavy atom. The summed E-state index contributed by atoms with van der Waals surface area (Å²) >= 11 is 0. The van der Waals surface area contributed by atoms with Crippen LogP contribution in [0.2, 0.25) is 0 Å². The van der Waals surface area contributed by atoms with Crippen molar-refractivity contribution in [2.45, 2.75) is 26.7 Å². The smallest absolute Gasteiger partial charge is 0.342 e. The van der Waals surface area contributed by atoms with Crippen molar-refractivity contribution >= 4 is 5.97 Å². The number of unbranched alkanes of at least 4 members (excludes halogenated alkanes) is 1. The molecule has 0 aromatic carbocycles. The summed E-state index contributed by atoms with van der Waals surface area (Å²) in [6.07, 6.45) is 2.68. The minimum atomic E-state index is -0.395. The van der Waals surface area contributed by atoms with E-state index in [0.717, 1.165) is 0 Å². The zero-order valence-corrected chi connectivity index (χ0v) is 11.6. The van der Waals surface area contributed by atoms with E-state index < -0.39 is 5.97 Å². The lowest BCUT2D eigenvalue weighted by Gasteiger charge is -2.06. The third kappa shape index (κ3) is 4.76. The number of aliphatic hydroxyl groups excluding tert-OH is 1. The van der Waals surface area contributed by atoms with Gasteiger partial charge in [-0.1, -0.05) is 19.8 Å². The largest absolute Gasteiger partial charge is 0.462 e. The summed E-state index contributed by atoms with van der Waals surface area (Å²) in [4.78, 5) is 11.9. The first kappa shape index (κ1) is 15.3. The molecule has 0 amide bonds. The van der Waals surface area contributed by atoms with Crippen LogP contribution in [0.4, 0.5) is 0 Å². The van der Waals surface area contributed by atoms with Gasteiger partial charge < -0.3 is 9.84 Å². The number of rotatable bonds is 5. The number of aliphatic hydroxyl groups is 1. The van der Waals surface area contributed by atoms with Gasteiger partial charge in [-0.25, -0.2) is 4.79 Å². The maximum Gasteiger partial charge on any atom is 0.342 e. The van der Waals surface area contributed by atoms with Crippen LogP contribution in [0.25, 0.3) is 0 Å². The fraction of sp³-hybridized carbons (Fsp3) is 0.571. The highest BCUT2D eigenvalue weighted by Gasteiger charge is 2.16. The second-order valence-corrected chi connectivity index (χ2v) is 4.65. The third-order valence-corrected chi connectivity index (χ3v) is 2.37. The van der Waals surface area contributed by atoms with Crippen molar-refractivity contribution in [2.75, 3.05) is 13.2 Å². The number of ether oxygens (including phenoxy) is 1. The Morgan fingerprint density at radius 1 is 1.58 bits per heavy atom. The second kappa shape index (κ2) is 7.59. The molecule has 0 aliphatic heterocycles. The monoisotopic (exact) mass is 264 g/mol. The van der Waals surface area contributed by atoms with Crippen molar-refractivity contribution in [3.8, 4) is 11.8 Å². The Balaban J connectivity index is 2.78. The van der Waals surface area contributed by atoms with Crippen molar-refractivity contribution in [1.29, 1.82) is 0 Å². The molecule has 1 N–H and O–H groups in total. The van der Waals surface area contributed by atoms with Crippen LogP contribution in [0.1, 0.15) is 42.7 Å². The summed E-state index contributed by atoms with van der Waals surface area (Å²) in [5.41, 5.74) is 0.936. The molecule has 0 atom stereocenters. The Bertz CT molecular complexity index is 481. The van der Waals surface area contributed by atoms with Crippen LogP contribution in [-0.2, 0) is 11.8 Å². The van der Waals surface area contributed by atoms with E-state index >= 15 is 0 Å². The summed E-state index contributed by atoms with van der Waals surface area (Å²) < 4.78 is 6.72. The second-order valence-electron chi connectivity index (χ2n) is 4.65. The lowest BCUT2D eigenvalue weighted by Crippen LogP contribution is -2.11. The summed E-state index contributed by atoms with van der Waals surface area (Å²) in [5.74, 6) is 5.71. The van der Waals surface area contributed by atoms with E-state index in [4.69, 9.17) is 9.84 Å². The zero-order valence-electron chi connectivity index (χ0n) is 11.6. The highest BCUT2D eigenvalue weighted by Crippen LogP contribution is 2.09. The minimum absolute atomic E-state index is 0.114. The predicted molar refractivity (Wildman–Crippen MR) is 71.5 cm³/mol. The Labute approximate surface area is 113 Å². The lowest BCUT2D eigenvalue weighted by atomic mass is 10.2. The molecule has 0 fully saturated rings. The molecule has 5 nitrogen and oxygen atoms in total. The van der Waals surface area contributed by atoms with Gasteiger partial charge in [0.25, 0.3) is 0 Å². The van der Waals surface area contributed by atoms with Gasteiger partial charge in [-0.3, -0.25) is 4.68 Å². The molecule has 104 valence electrons. The number of aromatic nitrogens is 2. The molecule has 5 heteroatoms. The van der Waals surface area contributed by atoms with Crippen LogP contribution in [-0.4, -0.2) is 34.1 Å². The number of aryl methyl sites for hydroxylation is 1. The summed E-state index contributed by atoms with van der Waals surface area (Å²) in [5, 5.41) is 12.7. The van der Waals surface area contributed by atoms with Crippen LogP contribution < -0.4 is 0 Å². The van der Waals surface area contributed by atoms with E-state index in [1.807, 2.05) is 13.8 Å². The molecule has 0 unspecified atom stereocenters. The highest BCUT2D eigenvalue weighted by atomic mass is 16.5. The maximum atomic E-state index is 11.9. The van der Waals surface area contributed by atoms with Crippen molar-refractivity contribution in [3.63, 3.8) is 0 Å². The number of hydrogen-bond acceptors (Lipinski definition) is 4. The van der Waals surface area contributed by atoms with E-state index in [-0.39, 0.29) is 6.61 Å². The molecular formula is C14H20N2O3. The number of nitrogens with zero attached hydrogens (tertiary/aromatic N) is 2. The van der Waals surface area contributed by atoms with Crippen molar-refractivity contribution in [1.82, 2.24) is 9.78 Å². The number of carbonyl (C=O) groups excluding carboxylic acids is 1.